The molecule has 0 bridgehead atoms. The maximum atomic E-state index is 6.03. The molecule has 6 heteroatoms. The van der Waals surface area contributed by atoms with Crippen molar-refractivity contribution in [1.82, 2.24) is 14.7 Å². The molecule has 1 aromatic carbocycles. The van der Waals surface area contributed by atoms with E-state index < -0.39 is 0 Å². The van der Waals surface area contributed by atoms with Gasteiger partial charge in [0.05, 0.1) is 5.69 Å². The van der Waals surface area contributed by atoms with Crippen molar-refractivity contribution >= 4 is 32.2 Å². The largest absolute Gasteiger partial charge is 0.487 e. The Bertz CT molecular complexity index is 737. The van der Waals surface area contributed by atoms with Crippen LogP contribution in [0, 0.1) is 6.92 Å². The predicted molar refractivity (Wildman–Crippen MR) is 89.0 cm³/mol. The summed E-state index contributed by atoms with van der Waals surface area (Å²) in [5.74, 6) is 0.934. The van der Waals surface area contributed by atoms with Crippen LogP contribution in [-0.4, -0.2) is 16.4 Å². The number of hydrogen-bond donors (Lipinski definition) is 1. The van der Waals surface area contributed by atoms with Crippen molar-refractivity contribution in [2.45, 2.75) is 20.1 Å². The van der Waals surface area contributed by atoms with Gasteiger partial charge in [0.2, 0.25) is 0 Å². The quantitative estimate of drug-likeness (QED) is 0.747. The van der Waals surface area contributed by atoms with Gasteiger partial charge < -0.3 is 10.1 Å². The molecule has 0 fully saturated rings. The topological polar surface area (TPSA) is 38.6 Å². The third kappa shape index (κ3) is 3.12. The smallest absolute Gasteiger partial charge is 0.193 e. The molecule has 21 heavy (non-hydrogen) atoms. The number of benzene rings is 1. The molecule has 3 aromatic rings. The molecule has 0 saturated heterocycles. The van der Waals surface area contributed by atoms with Gasteiger partial charge in [-0.1, -0.05) is 15.9 Å². The highest BCUT2D eigenvalue weighted by atomic mass is 79.9. The standard InChI is InChI=1S/C15H16BrN3OS/c1-10-5-12(16)6-11(7-17-2)14(10)20-9-13-8-19-3-4-21-15(19)18-13/h3-6,8,17H,7,9H2,1-2H3. The van der Waals surface area contributed by atoms with E-state index in [0.717, 1.165) is 38.5 Å². The fourth-order valence-electron chi connectivity index (χ4n) is 2.32. The summed E-state index contributed by atoms with van der Waals surface area (Å²) in [5, 5.41) is 5.20. The van der Waals surface area contributed by atoms with Crippen molar-refractivity contribution in [3.05, 3.63) is 51.2 Å². The van der Waals surface area contributed by atoms with Gasteiger partial charge >= 0.3 is 0 Å². The highest BCUT2D eigenvalue weighted by Crippen LogP contribution is 2.29. The Morgan fingerprint density at radius 3 is 3.05 bits per heavy atom. The molecule has 4 nitrogen and oxygen atoms in total. The third-order valence-electron chi connectivity index (χ3n) is 3.19. The first-order chi connectivity index (χ1) is 10.2. The van der Waals surface area contributed by atoms with Crippen molar-refractivity contribution in [2.75, 3.05) is 7.05 Å². The molecular weight excluding hydrogens is 350 g/mol. The molecule has 0 radical (unpaired) electrons. The Morgan fingerprint density at radius 1 is 1.43 bits per heavy atom. The van der Waals surface area contributed by atoms with Crippen molar-refractivity contribution in [1.29, 1.82) is 0 Å². The van der Waals surface area contributed by atoms with Crippen LogP contribution in [0.25, 0.3) is 4.96 Å². The Hall–Kier alpha value is -1.37. The molecule has 1 N–H and O–H groups in total. The monoisotopic (exact) mass is 365 g/mol. The van der Waals surface area contributed by atoms with E-state index in [9.17, 15) is 0 Å². The van der Waals surface area contributed by atoms with Crippen molar-refractivity contribution in [3.63, 3.8) is 0 Å². The van der Waals surface area contributed by atoms with Gasteiger partial charge in [-0.3, -0.25) is 4.40 Å². The summed E-state index contributed by atoms with van der Waals surface area (Å²) < 4.78 is 9.12. The van der Waals surface area contributed by atoms with Gasteiger partial charge in [-0.05, 0) is 31.7 Å². The summed E-state index contributed by atoms with van der Waals surface area (Å²) in [4.78, 5) is 5.54. The number of thiazole rings is 1. The maximum absolute atomic E-state index is 6.03. The predicted octanol–water partition coefficient (Wildman–Crippen LogP) is 3.77. The van der Waals surface area contributed by atoms with Gasteiger partial charge in [-0.2, -0.15) is 0 Å². The van der Waals surface area contributed by atoms with Crippen LogP contribution in [0.3, 0.4) is 0 Å². The molecule has 3 rings (SSSR count). The van der Waals surface area contributed by atoms with E-state index in [4.69, 9.17) is 4.74 Å². The molecule has 0 atom stereocenters. The van der Waals surface area contributed by atoms with E-state index in [1.807, 2.05) is 29.2 Å². The lowest BCUT2D eigenvalue weighted by molar-refractivity contribution is 0.296. The number of aromatic nitrogens is 2. The van der Waals surface area contributed by atoms with Gasteiger partial charge in [0, 0.05) is 34.4 Å². The Morgan fingerprint density at radius 2 is 2.29 bits per heavy atom. The SMILES string of the molecule is CNCc1cc(Br)cc(C)c1OCc1cn2ccsc2n1. The van der Waals surface area contributed by atoms with E-state index in [-0.39, 0.29) is 0 Å². The molecule has 2 heterocycles. The van der Waals surface area contributed by atoms with Crippen LogP contribution < -0.4 is 10.1 Å². The molecule has 110 valence electrons. The molecule has 0 aliphatic rings. The zero-order valence-electron chi connectivity index (χ0n) is 11.9. The molecule has 0 aliphatic heterocycles. The first-order valence-corrected chi connectivity index (χ1v) is 8.32. The second-order valence-electron chi connectivity index (χ2n) is 4.86. The average Bonchev–Trinajstić information content (AvgIpc) is 2.98. The molecule has 0 saturated carbocycles. The zero-order chi connectivity index (χ0) is 14.8. The number of fused-ring (bicyclic) bond motifs is 1. The van der Waals surface area contributed by atoms with E-state index in [1.165, 1.54) is 0 Å². The summed E-state index contributed by atoms with van der Waals surface area (Å²) >= 11 is 5.16. The molecule has 0 amide bonds. The van der Waals surface area contributed by atoms with Gasteiger partial charge in [-0.25, -0.2) is 4.98 Å². The van der Waals surface area contributed by atoms with Crippen LogP contribution in [0.1, 0.15) is 16.8 Å². The van der Waals surface area contributed by atoms with Crippen LogP contribution in [0.15, 0.2) is 34.4 Å². The van der Waals surface area contributed by atoms with Crippen LogP contribution in [0.2, 0.25) is 0 Å². The number of aryl methyl sites for hydroxylation is 1. The highest BCUT2D eigenvalue weighted by molar-refractivity contribution is 9.10. The minimum atomic E-state index is 0.480. The number of rotatable bonds is 5. The number of ether oxygens (including phenoxy) is 1. The average molecular weight is 366 g/mol. The van der Waals surface area contributed by atoms with Crippen molar-refractivity contribution < 1.29 is 4.74 Å². The lowest BCUT2D eigenvalue weighted by Gasteiger charge is -2.14. The fraction of sp³-hybridized carbons (Fsp3) is 0.267. The minimum absolute atomic E-state index is 0.480. The first kappa shape index (κ1) is 14.6. The Kier molecular flexibility index (Phi) is 4.28. The molecule has 2 aromatic heterocycles. The van der Waals surface area contributed by atoms with Crippen LogP contribution in [0.5, 0.6) is 5.75 Å². The normalized spacial score (nSPS) is 11.2. The summed E-state index contributed by atoms with van der Waals surface area (Å²) in [5.41, 5.74) is 3.21. The second kappa shape index (κ2) is 6.17. The number of hydrogen-bond acceptors (Lipinski definition) is 4. The van der Waals surface area contributed by atoms with Crippen molar-refractivity contribution in [3.8, 4) is 5.75 Å². The maximum Gasteiger partial charge on any atom is 0.193 e. The van der Waals surface area contributed by atoms with E-state index in [0.29, 0.717) is 6.61 Å². The van der Waals surface area contributed by atoms with Crippen LogP contribution >= 0.6 is 27.3 Å². The lowest BCUT2D eigenvalue weighted by atomic mass is 10.1. The van der Waals surface area contributed by atoms with Crippen LogP contribution in [-0.2, 0) is 13.2 Å². The fourth-order valence-corrected chi connectivity index (χ4v) is 3.66. The van der Waals surface area contributed by atoms with E-state index in [2.05, 4.69) is 45.3 Å². The lowest BCUT2D eigenvalue weighted by Crippen LogP contribution is -2.09. The molecule has 0 unspecified atom stereocenters. The van der Waals surface area contributed by atoms with E-state index >= 15 is 0 Å². The minimum Gasteiger partial charge on any atom is -0.487 e. The highest BCUT2D eigenvalue weighted by Gasteiger charge is 2.10. The molecule has 0 spiro atoms. The Labute approximate surface area is 135 Å². The molecular formula is C15H16BrN3OS. The number of imidazole rings is 1. The second-order valence-corrected chi connectivity index (χ2v) is 6.64. The van der Waals surface area contributed by atoms with Crippen molar-refractivity contribution in [2.24, 2.45) is 0 Å². The molecule has 0 aliphatic carbocycles. The van der Waals surface area contributed by atoms with Gasteiger partial charge in [0.15, 0.2) is 4.96 Å². The van der Waals surface area contributed by atoms with Gasteiger partial charge in [-0.15, -0.1) is 11.3 Å². The number of nitrogens with one attached hydrogen (secondary N) is 1. The number of nitrogens with zero attached hydrogens (tertiary/aromatic N) is 2. The van der Waals surface area contributed by atoms with Gasteiger partial charge in [0.1, 0.15) is 12.4 Å². The summed E-state index contributed by atoms with van der Waals surface area (Å²) in [6.07, 6.45) is 4.02. The first-order valence-electron chi connectivity index (χ1n) is 6.65. The summed E-state index contributed by atoms with van der Waals surface area (Å²) in [6, 6.07) is 4.16. The van der Waals surface area contributed by atoms with Gasteiger partial charge in [0.25, 0.3) is 0 Å². The van der Waals surface area contributed by atoms with Crippen LogP contribution in [0.4, 0.5) is 0 Å². The summed E-state index contributed by atoms with van der Waals surface area (Å²) in [7, 11) is 1.93. The summed E-state index contributed by atoms with van der Waals surface area (Å²) in [6.45, 7) is 3.31. The van der Waals surface area contributed by atoms with E-state index in [1.54, 1.807) is 11.3 Å². The Balaban J connectivity index is 1.82. The zero-order valence-corrected chi connectivity index (χ0v) is 14.3. The third-order valence-corrected chi connectivity index (χ3v) is 4.42. The number of halogens is 1.